The van der Waals surface area contributed by atoms with E-state index in [1.165, 1.54) is 6.08 Å². The molecule has 0 heterocycles. The summed E-state index contributed by atoms with van der Waals surface area (Å²) in [4.78, 5) is 10.6. The molecular formula is C8H14O3. The van der Waals surface area contributed by atoms with Gasteiger partial charge in [-0.3, -0.25) is 0 Å². The Hall–Kier alpha value is -0.830. The maximum absolute atomic E-state index is 10.6. The van der Waals surface area contributed by atoms with Crippen LogP contribution < -0.4 is 0 Å². The summed E-state index contributed by atoms with van der Waals surface area (Å²) in [6.07, 6.45) is 4.50. The van der Waals surface area contributed by atoms with Crippen molar-refractivity contribution in [1.29, 1.82) is 0 Å². The minimum Gasteiger partial charge on any atom is -0.463 e. The van der Waals surface area contributed by atoms with Crippen molar-refractivity contribution in [3.05, 3.63) is 12.2 Å². The number of aliphatic hydroxyl groups is 1. The lowest BCUT2D eigenvalue weighted by molar-refractivity contribution is -0.137. The van der Waals surface area contributed by atoms with Crippen molar-refractivity contribution in [1.82, 2.24) is 0 Å². The van der Waals surface area contributed by atoms with Crippen molar-refractivity contribution in [2.24, 2.45) is 0 Å². The molecule has 0 aliphatic rings. The van der Waals surface area contributed by atoms with Crippen LogP contribution in [-0.2, 0) is 9.53 Å². The highest BCUT2D eigenvalue weighted by Gasteiger charge is 1.90. The summed E-state index contributed by atoms with van der Waals surface area (Å²) < 4.78 is 4.63. The molecule has 0 unspecified atom stereocenters. The van der Waals surface area contributed by atoms with Gasteiger partial charge >= 0.3 is 5.97 Å². The number of unbranched alkanes of at least 4 members (excludes halogenated alkanes) is 1. The van der Waals surface area contributed by atoms with E-state index in [2.05, 4.69) is 4.74 Å². The Bertz CT molecular complexity index is 129. The molecule has 0 spiro atoms. The van der Waals surface area contributed by atoms with Gasteiger partial charge in [-0.1, -0.05) is 6.08 Å². The van der Waals surface area contributed by atoms with Gasteiger partial charge in [0.15, 0.2) is 0 Å². The fourth-order valence-electron chi connectivity index (χ4n) is 0.579. The molecule has 1 N–H and O–H groups in total. The van der Waals surface area contributed by atoms with Crippen molar-refractivity contribution < 1.29 is 14.6 Å². The molecule has 11 heavy (non-hydrogen) atoms. The smallest absolute Gasteiger partial charge is 0.330 e. The Balaban J connectivity index is 3.32. The van der Waals surface area contributed by atoms with Gasteiger partial charge in [-0.15, -0.1) is 0 Å². The third-order valence-corrected chi connectivity index (χ3v) is 1.07. The monoisotopic (exact) mass is 158 g/mol. The zero-order chi connectivity index (χ0) is 8.53. The Kier molecular flexibility index (Phi) is 6.73. The predicted molar refractivity (Wildman–Crippen MR) is 42.1 cm³/mol. The molecule has 64 valence electrons. The minimum atomic E-state index is -0.314. The number of hydrogen-bond acceptors (Lipinski definition) is 3. The number of rotatable bonds is 5. The molecule has 0 saturated carbocycles. The molecule has 3 nitrogen and oxygen atoms in total. The SMILES string of the molecule is CCOC(=O)/C=C\CCCO. The maximum Gasteiger partial charge on any atom is 0.330 e. The van der Waals surface area contributed by atoms with Crippen LogP contribution in [0.2, 0.25) is 0 Å². The van der Waals surface area contributed by atoms with Crippen LogP contribution in [0.25, 0.3) is 0 Å². The van der Waals surface area contributed by atoms with E-state index in [-0.39, 0.29) is 12.6 Å². The number of hydrogen-bond donors (Lipinski definition) is 1. The first-order valence-corrected chi connectivity index (χ1v) is 3.75. The summed E-state index contributed by atoms with van der Waals surface area (Å²) in [6.45, 7) is 2.33. The lowest BCUT2D eigenvalue weighted by atomic mass is 10.3. The topological polar surface area (TPSA) is 46.5 Å². The molecule has 0 amide bonds. The first-order chi connectivity index (χ1) is 5.31. The molecule has 0 saturated heterocycles. The van der Waals surface area contributed by atoms with E-state index in [0.29, 0.717) is 13.0 Å². The second-order valence-corrected chi connectivity index (χ2v) is 2.02. The average molecular weight is 158 g/mol. The van der Waals surface area contributed by atoms with Gasteiger partial charge < -0.3 is 9.84 Å². The Morgan fingerprint density at radius 1 is 1.64 bits per heavy atom. The van der Waals surface area contributed by atoms with Crippen LogP contribution in [-0.4, -0.2) is 24.3 Å². The highest BCUT2D eigenvalue weighted by Crippen LogP contribution is 1.90. The van der Waals surface area contributed by atoms with Gasteiger partial charge in [-0.25, -0.2) is 4.79 Å². The lowest BCUT2D eigenvalue weighted by Gasteiger charge is -1.93. The van der Waals surface area contributed by atoms with Crippen molar-refractivity contribution in [3.63, 3.8) is 0 Å². The second-order valence-electron chi connectivity index (χ2n) is 2.02. The number of ether oxygens (including phenoxy) is 1. The van der Waals surface area contributed by atoms with E-state index in [0.717, 1.165) is 6.42 Å². The van der Waals surface area contributed by atoms with Gasteiger partial charge in [0, 0.05) is 12.7 Å². The summed E-state index contributed by atoms with van der Waals surface area (Å²) in [5.41, 5.74) is 0. The average Bonchev–Trinajstić information content (AvgIpc) is 1.99. The molecule has 0 aromatic rings. The highest BCUT2D eigenvalue weighted by molar-refractivity contribution is 5.81. The van der Waals surface area contributed by atoms with Crippen LogP contribution in [0.4, 0.5) is 0 Å². The third-order valence-electron chi connectivity index (χ3n) is 1.07. The molecule has 0 aromatic heterocycles. The minimum absolute atomic E-state index is 0.160. The molecule has 3 heteroatoms. The highest BCUT2D eigenvalue weighted by atomic mass is 16.5. The zero-order valence-electron chi connectivity index (χ0n) is 6.75. The van der Waals surface area contributed by atoms with Crippen LogP contribution in [0, 0.1) is 0 Å². The summed E-state index contributed by atoms with van der Waals surface area (Å²) >= 11 is 0. The summed E-state index contributed by atoms with van der Waals surface area (Å²) in [7, 11) is 0. The molecule has 0 radical (unpaired) electrons. The summed E-state index contributed by atoms with van der Waals surface area (Å²) in [5, 5.41) is 8.38. The van der Waals surface area contributed by atoms with Crippen LogP contribution in [0.5, 0.6) is 0 Å². The molecular weight excluding hydrogens is 144 g/mol. The standard InChI is InChI=1S/C8H14O3/c1-2-11-8(10)6-4-3-5-7-9/h4,6,9H,2-3,5,7H2,1H3/b6-4-. The van der Waals surface area contributed by atoms with E-state index in [4.69, 9.17) is 5.11 Å². The van der Waals surface area contributed by atoms with Crippen molar-refractivity contribution in [3.8, 4) is 0 Å². The Labute approximate surface area is 66.7 Å². The summed E-state index contributed by atoms with van der Waals surface area (Å²) in [6, 6.07) is 0. The van der Waals surface area contributed by atoms with Gasteiger partial charge in [0.1, 0.15) is 0 Å². The van der Waals surface area contributed by atoms with E-state index < -0.39 is 0 Å². The number of allylic oxidation sites excluding steroid dienone is 1. The number of carbonyl (C=O) groups is 1. The largest absolute Gasteiger partial charge is 0.463 e. The number of carbonyl (C=O) groups excluding carboxylic acids is 1. The lowest BCUT2D eigenvalue weighted by Crippen LogP contribution is -1.98. The maximum atomic E-state index is 10.6. The van der Waals surface area contributed by atoms with E-state index in [1.54, 1.807) is 13.0 Å². The van der Waals surface area contributed by atoms with E-state index in [9.17, 15) is 4.79 Å². The molecule has 0 bridgehead atoms. The van der Waals surface area contributed by atoms with Gasteiger partial charge in [-0.2, -0.15) is 0 Å². The molecule has 0 atom stereocenters. The van der Waals surface area contributed by atoms with Gasteiger partial charge in [-0.05, 0) is 19.8 Å². The second kappa shape index (κ2) is 7.28. The fourth-order valence-corrected chi connectivity index (χ4v) is 0.579. The van der Waals surface area contributed by atoms with Crippen molar-refractivity contribution >= 4 is 5.97 Å². The van der Waals surface area contributed by atoms with E-state index >= 15 is 0 Å². The van der Waals surface area contributed by atoms with Crippen LogP contribution in [0.1, 0.15) is 19.8 Å². The predicted octanol–water partition coefficient (Wildman–Crippen LogP) is 0.878. The normalized spacial score (nSPS) is 10.4. The first-order valence-electron chi connectivity index (χ1n) is 3.75. The molecule has 0 aliphatic carbocycles. The first kappa shape index (κ1) is 10.2. The third kappa shape index (κ3) is 7.06. The quantitative estimate of drug-likeness (QED) is 0.367. The van der Waals surface area contributed by atoms with Gasteiger partial charge in [0.25, 0.3) is 0 Å². The molecule has 0 aliphatic heterocycles. The molecule has 0 aromatic carbocycles. The summed E-state index contributed by atoms with van der Waals surface area (Å²) in [5.74, 6) is -0.314. The number of esters is 1. The van der Waals surface area contributed by atoms with Crippen molar-refractivity contribution in [2.75, 3.05) is 13.2 Å². The molecule has 0 fully saturated rings. The van der Waals surface area contributed by atoms with Crippen molar-refractivity contribution in [2.45, 2.75) is 19.8 Å². The van der Waals surface area contributed by atoms with Crippen LogP contribution in [0.3, 0.4) is 0 Å². The van der Waals surface area contributed by atoms with Crippen LogP contribution >= 0.6 is 0 Å². The van der Waals surface area contributed by atoms with Crippen LogP contribution in [0.15, 0.2) is 12.2 Å². The number of aliphatic hydroxyl groups excluding tert-OH is 1. The van der Waals surface area contributed by atoms with Gasteiger partial charge in [0.05, 0.1) is 6.61 Å². The Morgan fingerprint density at radius 2 is 2.36 bits per heavy atom. The van der Waals surface area contributed by atoms with E-state index in [1.807, 2.05) is 0 Å². The Morgan fingerprint density at radius 3 is 2.91 bits per heavy atom. The zero-order valence-corrected chi connectivity index (χ0v) is 6.75. The molecule has 0 rings (SSSR count). The fraction of sp³-hybridized carbons (Fsp3) is 0.625. The van der Waals surface area contributed by atoms with Gasteiger partial charge in [0.2, 0.25) is 0 Å².